The minimum atomic E-state index is 0.667. The van der Waals surface area contributed by atoms with Crippen molar-refractivity contribution in [3.63, 3.8) is 0 Å². The molecule has 0 atom stereocenters. The molecule has 0 bridgehead atoms. The highest BCUT2D eigenvalue weighted by atomic mass is 79.9. The number of nitrogens with one attached hydrogen (secondary N) is 1. The van der Waals surface area contributed by atoms with E-state index in [1.54, 1.807) is 0 Å². The number of hydrogen-bond acceptors (Lipinski definition) is 2. The maximum atomic E-state index is 5.90. The smallest absolute Gasteiger partial charge is 0.147 e. The molecule has 2 nitrogen and oxygen atoms in total. The average Bonchev–Trinajstić information content (AvgIpc) is 2.36. The zero-order valence-electron chi connectivity index (χ0n) is 13.5. The lowest BCUT2D eigenvalue weighted by atomic mass is 10.1. The van der Waals surface area contributed by atoms with Gasteiger partial charge in [0.2, 0.25) is 0 Å². The summed E-state index contributed by atoms with van der Waals surface area (Å²) < 4.78 is 7.93. The molecule has 4 heteroatoms. The molecule has 1 N–H and O–H groups in total. The molecule has 1 aromatic rings. The van der Waals surface area contributed by atoms with Gasteiger partial charge in [0.05, 0.1) is 15.6 Å². The predicted octanol–water partition coefficient (Wildman–Crippen LogP) is 5.77. The van der Waals surface area contributed by atoms with E-state index in [4.69, 9.17) is 4.74 Å². The summed E-state index contributed by atoms with van der Waals surface area (Å²) >= 11 is 7.23. The van der Waals surface area contributed by atoms with Crippen LogP contribution < -0.4 is 10.1 Å². The summed E-state index contributed by atoms with van der Waals surface area (Å²) in [4.78, 5) is 0. The molecule has 0 aliphatic rings. The minimum absolute atomic E-state index is 0.667. The quantitative estimate of drug-likeness (QED) is 0.511. The second kappa shape index (κ2) is 9.86. The van der Waals surface area contributed by atoms with Crippen molar-refractivity contribution >= 4 is 31.9 Å². The Morgan fingerprint density at radius 2 is 1.67 bits per heavy atom. The van der Waals surface area contributed by atoms with Crippen LogP contribution in [0.25, 0.3) is 0 Å². The summed E-state index contributed by atoms with van der Waals surface area (Å²) in [6, 6.07) is 4.27. The molecular formula is C17H27Br2NO. The van der Waals surface area contributed by atoms with E-state index in [1.807, 2.05) is 0 Å². The summed E-state index contributed by atoms with van der Waals surface area (Å²) in [5.41, 5.74) is 1.25. The molecule has 0 unspecified atom stereocenters. The Morgan fingerprint density at radius 3 is 2.19 bits per heavy atom. The lowest BCUT2D eigenvalue weighted by Gasteiger charge is -2.14. The van der Waals surface area contributed by atoms with Gasteiger partial charge in [-0.2, -0.15) is 0 Å². The largest absolute Gasteiger partial charge is 0.491 e. The highest BCUT2D eigenvalue weighted by Crippen LogP contribution is 2.35. The summed E-state index contributed by atoms with van der Waals surface area (Å²) in [7, 11) is 0. The van der Waals surface area contributed by atoms with Crippen LogP contribution in [0.1, 0.15) is 46.1 Å². The van der Waals surface area contributed by atoms with E-state index in [-0.39, 0.29) is 0 Å². The lowest BCUT2D eigenvalue weighted by Crippen LogP contribution is -2.19. The summed E-state index contributed by atoms with van der Waals surface area (Å²) in [6.07, 6.45) is 2.29. The molecular weight excluding hydrogens is 394 g/mol. The van der Waals surface area contributed by atoms with Crippen molar-refractivity contribution < 1.29 is 4.74 Å². The Morgan fingerprint density at radius 1 is 1.05 bits per heavy atom. The molecule has 0 saturated heterocycles. The van der Waals surface area contributed by atoms with Crippen molar-refractivity contribution in [1.82, 2.24) is 5.32 Å². The fourth-order valence-electron chi connectivity index (χ4n) is 2.02. The van der Waals surface area contributed by atoms with Crippen LogP contribution in [0.5, 0.6) is 5.75 Å². The van der Waals surface area contributed by atoms with E-state index in [9.17, 15) is 0 Å². The van der Waals surface area contributed by atoms with Crippen molar-refractivity contribution in [2.75, 3.05) is 13.2 Å². The van der Waals surface area contributed by atoms with Gasteiger partial charge in [0.25, 0.3) is 0 Å². The van der Waals surface area contributed by atoms with Gasteiger partial charge in [-0.05, 0) is 80.8 Å². The van der Waals surface area contributed by atoms with Crippen LogP contribution in [0.3, 0.4) is 0 Å². The van der Waals surface area contributed by atoms with Gasteiger partial charge in [-0.3, -0.25) is 0 Å². The molecule has 0 aliphatic heterocycles. The highest BCUT2D eigenvalue weighted by molar-refractivity contribution is 9.11. The van der Waals surface area contributed by atoms with Gasteiger partial charge in [-0.25, -0.2) is 0 Å². The van der Waals surface area contributed by atoms with Crippen molar-refractivity contribution in [2.24, 2.45) is 11.8 Å². The van der Waals surface area contributed by atoms with Crippen LogP contribution in [-0.4, -0.2) is 13.2 Å². The minimum Gasteiger partial charge on any atom is -0.491 e. The van der Waals surface area contributed by atoms with Crippen LogP contribution in [0.4, 0.5) is 0 Å². The van der Waals surface area contributed by atoms with Gasteiger partial charge in [0, 0.05) is 6.54 Å². The third-order valence-corrected chi connectivity index (χ3v) is 4.29. The normalized spacial score (nSPS) is 11.4. The molecule has 0 aliphatic carbocycles. The first-order valence-electron chi connectivity index (χ1n) is 7.71. The first-order chi connectivity index (χ1) is 9.90. The fourth-order valence-corrected chi connectivity index (χ4v) is 3.53. The average molecular weight is 421 g/mol. The number of rotatable bonds is 9. The molecule has 21 heavy (non-hydrogen) atoms. The molecule has 0 fully saturated rings. The highest BCUT2D eigenvalue weighted by Gasteiger charge is 2.09. The summed E-state index contributed by atoms with van der Waals surface area (Å²) in [5, 5.41) is 3.46. The van der Waals surface area contributed by atoms with Crippen LogP contribution >= 0.6 is 31.9 Å². The predicted molar refractivity (Wildman–Crippen MR) is 98.0 cm³/mol. The van der Waals surface area contributed by atoms with E-state index in [0.29, 0.717) is 5.92 Å². The van der Waals surface area contributed by atoms with Crippen molar-refractivity contribution in [2.45, 2.75) is 47.1 Å². The van der Waals surface area contributed by atoms with Gasteiger partial charge in [0.1, 0.15) is 5.75 Å². The Balaban J connectivity index is 2.54. The number of hydrogen-bond donors (Lipinski definition) is 1. The number of ether oxygens (including phenoxy) is 1. The number of benzene rings is 1. The number of halogens is 2. The van der Waals surface area contributed by atoms with E-state index in [2.05, 4.69) is 77.0 Å². The zero-order valence-corrected chi connectivity index (χ0v) is 16.7. The van der Waals surface area contributed by atoms with Gasteiger partial charge < -0.3 is 10.1 Å². The molecule has 0 heterocycles. The van der Waals surface area contributed by atoms with Crippen molar-refractivity contribution in [3.8, 4) is 5.75 Å². The second-order valence-electron chi connectivity index (χ2n) is 6.30. The molecule has 0 saturated carbocycles. The Kier molecular flexibility index (Phi) is 8.91. The molecule has 1 aromatic carbocycles. The summed E-state index contributed by atoms with van der Waals surface area (Å²) in [5.74, 6) is 2.31. The first kappa shape index (κ1) is 19.0. The second-order valence-corrected chi connectivity index (χ2v) is 8.01. The molecule has 1 rings (SSSR count). The maximum absolute atomic E-state index is 5.90. The standard InChI is InChI=1S/C17H27Br2NO/c1-12(2)6-5-7-21-17-15(18)8-14(9-16(17)19)11-20-10-13(3)4/h8-9,12-13,20H,5-7,10-11H2,1-4H3. The van der Waals surface area contributed by atoms with Crippen molar-refractivity contribution in [1.29, 1.82) is 0 Å². The van der Waals surface area contributed by atoms with Gasteiger partial charge in [-0.1, -0.05) is 27.7 Å². The summed E-state index contributed by atoms with van der Waals surface area (Å²) in [6.45, 7) is 11.6. The molecule has 0 amide bonds. The van der Waals surface area contributed by atoms with Gasteiger partial charge in [0.15, 0.2) is 0 Å². The van der Waals surface area contributed by atoms with E-state index < -0.39 is 0 Å². The van der Waals surface area contributed by atoms with Gasteiger partial charge >= 0.3 is 0 Å². The van der Waals surface area contributed by atoms with Gasteiger partial charge in [-0.15, -0.1) is 0 Å². The van der Waals surface area contributed by atoms with Crippen LogP contribution in [0.2, 0.25) is 0 Å². The van der Waals surface area contributed by atoms with Crippen LogP contribution in [-0.2, 0) is 6.54 Å². The monoisotopic (exact) mass is 419 g/mol. The molecule has 0 aromatic heterocycles. The third kappa shape index (κ3) is 7.66. The van der Waals surface area contributed by atoms with E-state index >= 15 is 0 Å². The first-order valence-corrected chi connectivity index (χ1v) is 9.30. The Labute approximate surface area is 146 Å². The van der Waals surface area contributed by atoms with E-state index in [1.165, 1.54) is 12.0 Å². The van der Waals surface area contributed by atoms with Crippen LogP contribution in [0, 0.1) is 11.8 Å². The molecule has 0 radical (unpaired) electrons. The molecule has 120 valence electrons. The van der Waals surface area contributed by atoms with Crippen molar-refractivity contribution in [3.05, 3.63) is 26.6 Å². The topological polar surface area (TPSA) is 21.3 Å². The Hall–Kier alpha value is -0.0600. The SMILES string of the molecule is CC(C)CCCOc1c(Br)cc(CNCC(C)C)cc1Br. The maximum Gasteiger partial charge on any atom is 0.147 e. The zero-order chi connectivity index (χ0) is 15.8. The molecule has 0 spiro atoms. The van der Waals surface area contributed by atoms with Crippen LogP contribution in [0.15, 0.2) is 21.1 Å². The fraction of sp³-hybridized carbons (Fsp3) is 0.647. The third-order valence-electron chi connectivity index (χ3n) is 3.11. The Bertz CT molecular complexity index is 410. The van der Waals surface area contributed by atoms with E-state index in [0.717, 1.165) is 46.7 Å². The lowest BCUT2D eigenvalue weighted by molar-refractivity contribution is 0.294.